The lowest BCUT2D eigenvalue weighted by Crippen LogP contribution is -2.32. The van der Waals surface area contributed by atoms with Gasteiger partial charge in [-0.05, 0) is 49.2 Å². The van der Waals surface area contributed by atoms with Gasteiger partial charge in [0.2, 0.25) is 0 Å². The fraction of sp³-hybridized carbons (Fsp3) is 0.200. The highest BCUT2D eigenvalue weighted by molar-refractivity contribution is 7.91. The maximum atomic E-state index is 13.2. The highest BCUT2D eigenvalue weighted by Gasteiger charge is 2.28. The molecule has 0 bridgehead atoms. The van der Waals surface area contributed by atoms with E-state index in [-0.39, 0.29) is 41.3 Å². The zero-order valence-corrected chi connectivity index (χ0v) is 22.3. The summed E-state index contributed by atoms with van der Waals surface area (Å²) in [6.07, 6.45) is 3.54. The van der Waals surface area contributed by atoms with E-state index in [1.165, 1.54) is 24.4 Å². The number of rotatable bonds is 8. The number of sulfone groups is 1. The van der Waals surface area contributed by atoms with Crippen LogP contribution in [0, 0.1) is 10.1 Å². The molecule has 1 fully saturated rings. The van der Waals surface area contributed by atoms with E-state index < -0.39 is 53.4 Å². The Morgan fingerprint density at radius 1 is 1.18 bits per heavy atom. The number of anilines is 1. The van der Waals surface area contributed by atoms with E-state index in [4.69, 9.17) is 6.11 Å². The molecule has 2 aromatic carbocycles. The number of nitrogens with zero attached hydrogens (tertiary/aromatic N) is 2. The maximum absolute atomic E-state index is 13.2. The number of aromatic nitrogens is 2. The van der Waals surface area contributed by atoms with Crippen LogP contribution in [0.2, 0.25) is 0 Å². The van der Waals surface area contributed by atoms with Crippen molar-refractivity contribution < 1.29 is 32.7 Å². The molecule has 208 valence electrons. The number of ether oxygens (including phenoxy) is 1. The van der Waals surface area contributed by atoms with Gasteiger partial charge in [-0.3, -0.25) is 14.9 Å². The van der Waals surface area contributed by atoms with Crippen molar-refractivity contribution in [2.24, 2.45) is 0 Å². The van der Waals surface area contributed by atoms with Gasteiger partial charge in [0.1, 0.15) is 32.7 Å². The van der Waals surface area contributed by atoms with Crippen molar-refractivity contribution in [3.63, 3.8) is 0 Å². The molecule has 5 rings (SSSR count). The number of carbonyl (C=O) groups is 1. The van der Waals surface area contributed by atoms with Crippen molar-refractivity contribution in [1.82, 2.24) is 14.7 Å². The topological polar surface area (TPSA) is 190 Å². The number of hydrogen-bond donors (Lipinski definition) is 3. The van der Waals surface area contributed by atoms with Crippen LogP contribution in [0.5, 0.6) is 11.5 Å². The Labute approximate surface area is 230 Å². The first-order valence-corrected chi connectivity index (χ1v) is 15.3. The Balaban J connectivity index is 1.39. The first-order chi connectivity index (χ1) is 19.4. The van der Waals surface area contributed by atoms with Crippen LogP contribution < -0.4 is 14.8 Å². The lowest BCUT2D eigenvalue weighted by molar-refractivity contribution is -0.384. The van der Waals surface area contributed by atoms with Gasteiger partial charge >= 0.3 is 0 Å². The minimum Gasteiger partial charge on any atom is -0.455 e. The number of nitro benzene ring substituents is 1. The minimum atomic E-state index is -4.74. The normalized spacial score (nSPS) is 15.8. The third kappa shape index (κ3) is 5.89. The van der Waals surface area contributed by atoms with Gasteiger partial charge in [0.25, 0.3) is 21.6 Å². The molecule has 1 aliphatic rings. The molecule has 4 aromatic rings. The van der Waals surface area contributed by atoms with Gasteiger partial charge in [-0.2, -0.15) is 0 Å². The maximum Gasteiger partial charge on any atom is 0.293 e. The van der Waals surface area contributed by atoms with E-state index in [1.807, 2.05) is 4.72 Å². The third-order valence-electron chi connectivity index (χ3n) is 6.25. The van der Waals surface area contributed by atoms with Crippen molar-refractivity contribution >= 4 is 48.2 Å². The molecule has 40 heavy (non-hydrogen) atoms. The highest BCUT2D eigenvalue weighted by atomic mass is 32.2. The van der Waals surface area contributed by atoms with E-state index >= 15 is 0 Å². The molecule has 0 atom stereocenters. The van der Waals surface area contributed by atoms with Crippen LogP contribution in [-0.2, 0) is 19.9 Å². The largest absolute Gasteiger partial charge is 0.455 e. The fourth-order valence-corrected chi connectivity index (χ4v) is 6.65. The Morgan fingerprint density at radius 2 is 1.93 bits per heavy atom. The van der Waals surface area contributed by atoms with Crippen LogP contribution in [0.15, 0.2) is 71.9 Å². The van der Waals surface area contributed by atoms with Crippen molar-refractivity contribution in [1.29, 1.82) is 0 Å². The van der Waals surface area contributed by atoms with Crippen molar-refractivity contribution in [2.75, 3.05) is 16.8 Å². The summed E-state index contributed by atoms with van der Waals surface area (Å²) in [6.45, 7) is 0. The summed E-state index contributed by atoms with van der Waals surface area (Å²) in [5, 5.41) is 15.5. The van der Waals surface area contributed by atoms with Crippen LogP contribution in [0.4, 0.5) is 11.4 Å². The number of aromatic amines is 1. The number of carbonyl (C=O) groups excluding carboxylic acids is 1. The van der Waals surface area contributed by atoms with Crippen molar-refractivity contribution in [3.8, 4) is 11.5 Å². The number of pyridine rings is 1. The predicted molar refractivity (Wildman–Crippen MR) is 146 cm³/mol. The number of fused-ring (bicyclic) bond motifs is 1. The van der Waals surface area contributed by atoms with E-state index in [2.05, 4.69) is 15.3 Å². The van der Waals surface area contributed by atoms with E-state index in [0.29, 0.717) is 11.4 Å². The van der Waals surface area contributed by atoms with Gasteiger partial charge in [0.05, 0.1) is 34.5 Å². The van der Waals surface area contributed by atoms with Crippen molar-refractivity contribution in [2.45, 2.75) is 23.8 Å². The predicted octanol–water partition coefficient (Wildman–Crippen LogP) is 3.37. The Hall–Kier alpha value is -4.50. The van der Waals surface area contributed by atoms with E-state index in [1.54, 1.807) is 24.4 Å². The standard InChI is InChI=1S/C25H23N5O8S2/c31-25(20-3-1-2-4-23(20)38-18-13-16-7-10-26-24(16)27-15-18)29-40(36,37)19-5-6-21(22(14-19)30(32)33)28-17-8-11-39(34,35)12-9-17/h1-7,10,13-15,17,28H,8-9,11-12H2,(H,26,27)(H,29,31)/i14D. The van der Waals surface area contributed by atoms with Crippen LogP contribution in [0.1, 0.15) is 24.6 Å². The molecule has 0 unspecified atom stereocenters. The monoisotopic (exact) mass is 586 g/mol. The van der Waals surface area contributed by atoms with Crippen LogP contribution >= 0.6 is 0 Å². The number of nitro groups is 1. The summed E-state index contributed by atoms with van der Waals surface area (Å²) in [4.78, 5) is 30.4. The second kappa shape index (κ2) is 10.6. The van der Waals surface area contributed by atoms with E-state index in [9.17, 15) is 31.7 Å². The molecule has 1 amide bonds. The molecule has 0 aliphatic carbocycles. The molecule has 15 heteroatoms. The number of amides is 1. The minimum absolute atomic E-state index is 0.0306. The Kier molecular flexibility index (Phi) is 6.81. The lowest BCUT2D eigenvalue weighted by Gasteiger charge is -2.24. The summed E-state index contributed by atoms with van der Waals surface area (Å²) in [7, 11) is -7.92. The number of hydrogen-bond acceptors (Lipinski definition) is 10. The zero-order chi connectivity index (χ0) is 29.4. The zero-order valence-electron chi connectivity index (χ0n) is 21.7. The lowest BCUT2D eigenvalue weighted by atomic mass is 10.1. The molecule has 0 saturated carbocycles. The fourth-order valence-electron chi connectivity index (χ4n) is 4.21. The first kappa shape index (κ1) is 25.8. The van der Waals surface area contributed by atoms with Gasteiger partial charge < -0.3 is 15.0 Å². The molecule has 1 aliphatic heterocycles. The summed E-state index contributed by atoms with van der Waals surface area (Å²) in [5.41, 5.74) is -0.453. The second-order valence-corrected chi connectivity index (χ2v) is 13.0. The number of para-hydroxylation sites is 1. The Bertz CT molecular complexity index is 1880. The molecular formula is C25H23N5O8S2. The summed E-state index contributed by atoms with van der Waals surface area (Å²) >= 11 is 0. The number of sulfonamides is 1. The smallest absolute Gasteiger partial charge is 0.293 e. The molecule has 0 radical (unpaired) electrons. The molecule has 1 saturated heterocycles. The average molecular weight is 587 g/mol. The van der Waals surface area contributed by atoms with E-state index in [0.717, 1.165) is 17.5 Å². The SMILES string of the molecule is [2H]c1c(S(=O)(=O)NC(=O)c2ccccc2Oc2cnc3[nH]ccc3c2)ccc(NC2CCS(=O)(=O)CC2)c1[N+](=O)[O-]. The molecule has 13 nitrogen and oxygen atoms in total. The van der Waals surface area contributed by atoms with Crippen molar-refractivity contribution in [3.05, 3.63) is 82.6 Å². The van der Waals surface area contributed by atoms with Crippen LogP contribution in [-0.4, -0.2) is 55.2 Å². The quantitative estimate of drug-likeness (QED) is 0.204. The number of H-pyrrole nitrogens is 1. The van der Waals surface area contributed by atoms with Crippen LogP contribution in [0.25, 0.3) is 11.0 Å². The summed E-state index contributed by atoms with van der Waals surface area (Å²) < 4.78 is 65.7. The molecule has 3 heterocycles. The molecular weight excluding hydrogens is 562 g/mol. The van der Waals surface area contributed by atoms with Crippen LogP contribution in [0.3, 0.4) is 0 Å². The van der Waals surface area contributed by atoms with Gasteiger partial charge in [-0.25, -0.2) is 26.5 Å². The van der Waals surface area contributed by atoms with Gasteiger partial charge in [0.15, 0.2) is 0 Å². The second-order valence-electron chi connectivity index (χ2n) is 9.03. The average Bonchev–Trinajstić information content (AvgIpc) is 3.37. The molecule has 3 N–H and O–H groups in total. The van der Waals surface area contributed by atoms with Gasteiger partial charge in [-0.15, -0.1) is 0 Å². The summed E-state index contributed by atoms with van der Waals surface area (Å²) in [5.74, 6) is -0.935. The number of benzene rings is 2. The number of nitrogens with one attached hydrogen (secondary N) is 3. The summed E-state index contributed by atoms with van der Waals surface area (Å²) in [6, 6.07) is 10.1. The van der Waals surface area contributed by atoms with Gasteiger partial charge in [-0.1, -0.05) is 12.1 Å². The molecule has 0 spiro atoms. The Morgan fingerprint density at radius 3 is 2.67 bits per heavy atom. The first-order valence-electron chi connectivity index (χ1n) is 12.5. The highest BCUT2D eigenvalue weighted by Crippen LogP contribution is 2.31. The van der Waals surface area contributed by atoms with Gasteiger partial charge in [0, 0.05) is 23.7 Å². The third-order valence-corrected chi connectivity index (χ3v) is 9.23. The molecule has 2 aromatic heterocycles.